The molecule has 0 amide bonds. The molecule has 3 heteroatoms. The number of ether oxygens (including phenoxy) is 1. The molecule has 0 aliphatic carbocycles. The van der Waals surface area contributed by atoms with Gasteiger partial charge in [-0.05, 0) is 54.0 Å². The molecule has 154 valence electrons. The molecule has 1 N–H and O–H groups in total. The Kier molecular flexibility index (Phi) is 7.82. The van der Waals surface area contributed by atoms with E-state index in [2.05, 4.69) is 32.9 Å². The molecule has 0 heterocycles. The lowest BCUT2D eigenvalue weighted by molar-refractivity contribution is -0.137. The lowest BCUT2D eigenvalue weighted by atomic mass is 9.78. The van der Waals surface area contributed by atoms with Crippen molar-refractivity contribution in [2.24, 2.45) is 0 Å². The van der Waals surface area contributed by atoms with Crippen molar-refractivity contribution < 1.29 is 16.0 Å². The van der Waals surface area contributed by atoms with Crippen molar-refractivity contribution in [3.8, 4) is 0 Å². The third-order valence-corrected chi connectivity index (χ3v) is 4.66. The van der Waals surface area contributed by atoms with E-state index < -0.39 is 12.0 Å². The molecule has 3 nitrogen and oxygen atoms in total. The summed E-state index contributed by atoms with van der Waals surface area (Å²) in [5.41, 5.74) is 4.31. The van der Waals surface area contributed by atoms with Crippen LogP contribution < -0.4 is 0 Å². The van der Waals surface area contributed by atoms with Crippen molar-refractivity contribution in [1.29, 1.82) is 0 Å². The van der Waals surface area contributed by atoms with Gasteiger partial charge < -0.3 is 9.84 Å². The van der Waals surface area contributed by atoms with E-state index >= 15 is 0 Å². The van der Waals surface area contributed by atoms with Gasteiger partial charge in [-0.3, -0.25) is 0 Å². The smallest absolute Gasteiger partial charge is 0.330 e. The van der Waals surface area contributed by atoms with Crippen LogP contribution in [0.1, 0.15) is 73.5 Å². The zero-order valence-electron chi connectivity index (χ0n) is 19.6. The maximum absolute atomic E-state index is 11.5. The predicted molar refractivity (Wildman–Crippen MR) is 118 cm³/mol. The van der Waals surface area contributed by atoms with Crippen molar-refractivity contribution in [2.45, 2.75) is 66.2 Å². The summed E-state index contributed by atoms with van der Waals surface area (Å²) in [7, 11) is 0. The molecule has 0 spiro atoms. The Bertz CT molecular complexity index is 806. The monoisotopic (exact) mass is 386 g/mol. The molecule has 0 saturated heterocycles. The van der Waals surface area contributed by atoms with Gasteiger partial charge in [0.2, 0.25) is 0 Å². The van der Waals surface area contributed by atoms with E-state index in [-0.39, 0.29) is 11.4 Å². The Balaban J connectivity index is 3.29. The second-order valence-corrected chi connectivity index (χ2v) is 8.75. The van der Waals surface area contributed by atoms with Gasteiger partial charge in [-0.25, -0.2) is 4.79 Å². The van der Waals surface area contributed by atoms with Crippen LogP contribution in [0, 0.1) is 0 Å². The van der Waals surface area contributed by atoms with Crippen LogP contribution in [0.3, 0.4) is 0 Å². The summed E-state index contributed by atoms with van der Waals surface area (Å²) in [5, 5.41) is 9.97. The highest BCUT2D eigenvalue weighted by molar-refractivity contribution is 5.83. The predicted octanol–water partition coefficient (Wildman–Crippen LogP) is 5.72. The van der Waals surface area contributed by atoms with Crippen LogP contribution in [0.2, 0.25) is 0 Å². The van der Waals surface area contributed by atoms with Crippen molar-refractivity contribution in [1.82, 2.24) is 0 Å². The van der Waals surface area contributed by atoms with Crippen LogP contribution in [-0.2, 0) is 20.4 Å². The average molecular weight is 387 g/mol. The number of aliphatic hydroxyl groups excluding tert-OH is 1. The molecule has 0 bridgehead atoms. The second-order valence-electron chi connectivity index (χ2n) is 8.75. The zero-order chi connectivity index (χ0) is 22.4. The van der Waals surface area contributed by atoms with E-state index in [4.69, 9.17) is 6.11 Å². The second kappa shape index (κ2) is 9.88. The Morgan fingerprint density at radius 2 is 1.75 bits per heavy atom. The largest absolute Gasteiger partial charge is 0.463 e. The maximum atomic E-state index is 11.5. The zero-order valence-corrected chi connectivity index (χ0v) is 18.6. The van der Waals surface area contributed by atoms with Crippen molar-refractivity contribution in [3.63, 3.8) is 0 Å². The molecule has 1 aromatic rings. The first kappa shape index (κ1) is 22.2. The number of carbonyl (C=O) groups is 1. The third-order valence-electron chi connectivity index (χ3n) is 4.66. The van der Waals surface area contributed by atoms with E-state index in [1.807, 2.05) is 52.0 Å². The van der Waals surface area contributed by atoms with Gasteiger partial charge in [-0.15, -0.1) is 0 Å². The topological polar surface area (TPSA) is 46.5 Å². The van der Waals surface area contributed by atoms with E-state index in [1.54, 1.807) is 6.92 Å². The normalized spacial score (nSPS) is 15.5. The summed E-state index contributed by atoms with van der Waals surface area (Å²) in [6, 6.07) is 6.31. The molecule has 1 aromatic carbocycles. The maximum Gasteiger partial charge on any atom is 0.330 e. The summed E-state index contributed by atoms with van der Waals surface area (Å²) >= 11 is 0. The summed E-state index contributed by atoms with van der Waals surface area (Å²) < 4.78 is 12.8. The van der Waals surface area contributed by atoms with Crippen LogP contribution in [-0.4, -0.2) is 24.3 Å². The quantitative estimate of drug-likeness (QED) is 0.370. The lowest BCUT2D eigenvalue weighted by Gasteiger charge is -2.27. The van der Waals surface area contributed by atoms with Gasteiger partial charge in [0, 0.05) is 11.5 Å². The fourth-order valence-corrected chi connectivity index (χ4v) is 2.59. The highest BCUT2D eigenvalue weighted by Gasteiger charge is 2.23. The van der Waals surface area contributed by atoms with E-state index in [0.29, 0.717) is 6.61 Å². The number of rotatable bonds is 7. The van der Waals surface area contributed by atoms with Gasteiger partial charge in [-0.2, -0.15) is 0 Å². The first-order chi connectivity index (χ1) is 13.3. The summed E-state index contributed by atoms with van der Waals surface area (Å²) in [4.78, 5) is 11.5. The third kappa shape index (κ3) is 7.12. The molecule has 0 radical (unpaired) electrons. The van der Waals surface area contributed by atoms with Crippen LogP contribution in [0.15, 0.2) is 48.1 Å². The summed E-state index contributed by atoms with van der Waals surface area (Å²) in [6.07, 6.45) is 7.25. The van der Waals surface area contributed by atoms with E-state index in [1.165, 1.54) is 6.08 Å². The molecule has 0 aromatic heterocycles. The Morgan fingerprint density at radius 3 is 2.29 bits per heavy atom. The molecule has 1 rings (SSSR count). The Morgan fingerprint density at radius 1 is 1.14 bits per heavy atom. The number of esters is 1. The Hall–Kier alpha value is -2.13. The molecule has 1 atom stereocenters. The number of benzene rings is 1. The van der Waals surface area contributed by atoms with Gasteiger partial charge in [0.15, 0.2) is 0 Å². The van der Waals surface area contributed by atoms with E-state index in [0.717, 1.165) is 27.8 Å². The molecule has 0 saturated carbocycles. The van der Waals surface area contributed by atoms with E-state index in [9.17, 15) is 9.90 Å². The lowest BCUT2D eigenvalue weighted by Crippen LogP contribution is -2.23. The van der Waals surface area contributed by atoms with Crippen LogP contribution >= 0.6 is 0 Å². The molecule has 0 fully saturated rings. The fraction of sp³-hybridized carbons (Fsp3) is 0.480. The van der Waals surface area contributed by atoms with Gasteiger partial charge in [0.1, 0.15) is 0 Å². The number of hydrogen-bond acceptors (Lipinski definition) is 3. The van der Waals surface area contributed by atoms with Gasteiger partial charge >= 0.3 is 5.97 Å². The van der Waals surface area contributed by atoms with Crippen molar-refractivity contribution in [2.75, 3.05) is 13.2 Å². The van der Waals surface area contributed by atoms with Gasteiger partial charge in [-0.1, -0.05) is 71.0 Å². The number of hydrogen-bond donors (Lipinski definition) is 1. The first-order valence-corrected chi connectivity index (χ1v) is 9.75. The number of allylic oxidation sites excluding steroid dienone is 5. The van der Waals surface area contributed by atoms with Crippen LogP contribution in [0.25, 0.3) is 5.57 Å². The minimum Gasteiger partial charge on any atom is -0.463 e. The van der Waals surface area contributed by atoms with Crippen molar-refractivity contribution in [3.05, 3.63) is 64.8 Å². The number of carbonyl (C=O) groups excluding carboxylic acids is 1. The average Bonchev–Trinajstić information content (AvgIpc) is 2.60. The van der Waals surface area contributed by atoms with Gasteiger partial charge in [0.05, 0.1) is 14.6 Å². The van der Waals surface area contributed by atoms with Crippen molar-refractivity contribution >= 4 is 11.5 Å². The molecule has 0 aliphatic rings. The summed E-state index contributed by atoms with van der Waals surface area (Å²) in [6.45, 7) is 15.1. The highest BCUT2D eigenvalue weighted by Crippen LogP contribution is 2.32. The Labute approximate surface area is 172 Å². The van der Waals surface area contributed by atoms with Crippen LogP contribution in [0.5, 0.6) is 0 Å². The molecule has 0 aliphatic heterocycles. The molecule has 28 heavy (non-hydrogen) atoms. The fourth-order valence-electron chi connectivity index (χ4n) is 2.59. The minimum absolute atomic E-state index is 0.0527. The summed E-state index contributed by atoms with van der Waals surface area (Å²) in [5.74, 6) is -0.339. The molecule has 1 unspecified atom stereocenters. The SMILES string of the molecule is [3H]C(O)C(C)(C)c1cc(/C(C)=C/C=C/C(C)=C/C(=O)OCC)cc(C(C)(C)C)c1. The standard InChI is InChI=1S/C25H36O3/c1-9-28-23(27)13-18(2)11-10-12-19(3)20-14-21(24(4,5)6)16-22(15-20)25(7,8)17-26/h10-16,26H,9,17H2,1-8H3/b11-10+,18-13+,19-12+/i17T. The molecular weight excluding hydrogens is 348 g/mol. The first-order valence-electron chi connectivity index (χ1n) is 10.3. The van der Waals surface area contributed by atoms with Gasteiger partial charge in [0.25, 0.3) is 0 Å². The van der Waals surface area contributed by atoms with Crippen LogP contribution in [0.4, 0.5) is 0 Å². The number of aliphatic hydroxyl groups is 1. The highest BCUT2D eigenvalue weighted by atomic mass is 16.5. The molecular formula is C25H36O3. The minimum atomic E-state index is -1.20.